The highest BCUT2D eigenvalue weighted by molar-refractivity contribution is 5.95. The van der Waals surface area contributed by atoms with Crippen molar-refractivity contribution in [2.75, 3.05) is 0 Å². The van der Waals surface area contributed by atoms with Crippen LogP contribution >= 0.6 is 0 Å². The maximum Gasteiger partial charge on any atom is 0.317 e. The fraction of sp³-hybridized carbons (Fsp3) is 0.615. The molecule has 2 rings (SSSR count). The normalized spacial score (nSPS) is 20.2. The van der Waals surface area contributed by atoms with Gasteiger partial charge in [-0.3, -0.25) is 0 Å². The van der Waals surface area contributed by atoms with Crippen molar-refractivity contribution in [3.05, 3.63) is 18.0 Å². The summed E-state index contributed by atoms with van der Waals surface area (Å²) in [4.78, 5) is 8.19. The summed E-state index contributed by atoms with van der Waals surface area (Å²) in [7, 11) is 0. The van der Waals surface area contributed by atoms with Crippen molar-refractivity contribution in [1.82, 2.24) is 9.97 Å². The summed E-state index contributed by atoms with van der Waals surface area (Å²) < 4.78 is 5.77. The Morgan fingerprint density at radius 3 is 2.79 bits per heavy atom. The van der Waals surface area contributed by atoms with Gasteiger partial charge in [-0.05, 0) is 37.2 Å². The predicted octanol–water partition coefficient (Wildman–Crippen LogP) is 1.92. The van der Waals surface area contributed by atoms with E-state index in [4.69, 9.17) is 15.7 Å². The number of rotatable bonds is 3. The predicted molar refractivity (Wildman–Crippen MR) is 71.2 cm³/mol. The Bertz CT molecular complexity index is 463. The minimum atomic E-state index is -0.0444. The van der Waals surface area contributed by atoms with Gasteiger partial charge in [-0.2, -0.15) is 4.98 Å². The summed E-state index contributed by atoms with van der Waals surface area (Å²) in [5.41, 5.74) is 6.25. The van der Waals surface area contributed by atoms with Gasteiger partial charge in [0.15, 0.2) is 5.84 Å². The first-order valence-corrected chi connectivity index (χ1v) is 6.48. The van der Waals surface area contributed by atoms with Crippen molar-refractivity contribution in [2.45, 2.75) is 45.6 Å². The molecule has 0 aliphatic heterocycles. The Morgan fingerprint density at radius 2 is 2.16 bits per heavy atom. The molecular formula is C13H20N4O2. The molecule has 0 bridgehead atoms. The summed E-state index contributed by atoms with van der Waals surface area (Å²) in [5.74, 6) is -0.0444. The smallest absolute Gasteiger partial charge is 0.317 e. The van der Waals surface area contributed by atoms with Crippen LogP contribution in [0.15, 0.2) is 17.4 Å². The number of aromatic nitrogens is 2. The topological polar surface area (TPSA) is 93.6 Å². The van der Waals surface area contributed by atoms with E-state index in [1.807, 2.05) is 0 Å². The number of nitrogens with zero attached hydrogens (tertiary/aromatic N) is 3. The largest absolute Gasteiger partial charge is 0.460 e. The SMILES string of the molecule is CC1(C)CCC(Oc2nccc(/C(N)=N/O)n2)CC1. The summed E-state index contributed by atoms with van der Waals surface area (Å²) >= 11 is 0. The van der Waals surface area contributed by atoms with Gasteiger partial charge in [0.25, 0.3) is 0 Å². The second kappa shape index (κ2) is 5.42. The van der Waals surface area contributed by atoms with Crippen LogP contribution in [0.5, 0.6) is 6.01 Å². The van der Waals surface area contributed by atoms with E-state index >= 15 is 0 Å². The molecule has 3 N–H and O–H groups in total. The fourth-order valence-electron chi connectivity index (χ4n) is 2.23. The first kappa shape index (κ1) is 13.6. The third kappa shape index (κ3) is 3.56. The van der Waals surface area contributed by atoms with E-state index in [-0.39, 0.29) is 18.0 Å². The molecule has 1 heterocycles. The third-order valence-electron chi connectivity index (χ3n) is 3.56. The highest BCUT2D eigenvalue weighted by Gasteiger charge is 2.28. The summed E-state index contributed by atoms with van der Waals surface area (Å²) in [6.07, 6.45) is 5.97. The molecule has 104 valence electrons. The quantitative estimate of drug-likeness (QED) is 0.376. The van der Waals surface area contributed by atoms with E-state index in [0.29, 0.717) is 11.1 Å². The van der Waals surface area contributed by atoms with Crippen molar-refractivity contribution in [1.29, 1.82) is 0 Å². The van der Waals surface area contributed by atoms with Gasteiger partial charge >= 0.3 is 6.01 Å². The fourth-order valence-corrected chi connectivity index (χ4v) is 2.23. The first-order valence-electron chi connectivity index (χ1n) is 6.48. The van der Waals surface area contributed by atoms with Crippen LogP contribution in [0.1, 0.15) is 45.2 Å². The van der Waals surface area contributed by atoms with E-state index in [1.165, 1.54) is 0 Å². The standard InChI is InChI=1S/C13H20N4O2/c1-13(2)6-3-9(4-7-13)19-12-15-8-5-10(16-12)11(14)17-18/h5,8-9,18H,3-4,6-7H2,1-2H3,(H2,14,17). The van der Waals surface area contributed by atoms with E-state index in [1.54, 1.807) is 12.3 Å². The van der Waals surface area contributed by atoms with E-state index in [9.17, 15) is 0 Å². The van der Waals surface area contributed by atoms with Crippen LogP contribution in [0, 0.1) is 5.41 Å². The summed E-state index contributed by atoms with van der Waals surface area (Å²) in [6, 6.07) is 1.86. The van der Waals surface area contributed by atoms with E-state index < -0.39 is 0 Å². The lowest BCUT2D eigenvalue weighted by molar-refractivity contribution is 0.0906. The van der Waals surface area contributed by atoms with E-state index in [0.717, 1.165) is 25.7 Å². The molecule has 6 nitrogen and oxygen atoms in total. The van der Waals surface area contributed by atoms with Crippen LogP contribution in [-0.2, 0) is 0 Å². The Morgan fingerprint density at radius 1 is 1.47 bits per heavy atom. The van der Waals surface area contributed by atoms with Crippen LogP contribution in [0.25, 0.3) is 0 Å². The number of hydrogen-bond acceptors (Lipinski definition) is 5. The average Bonchev–Trinajstić information content (AvgIpc) is 2.41. The Hall–Kier alpha value is -1.85. The molecule has 1 saturated carbocycles. The van der Waals surface area contributed by atoms with Crippen LogP contribution in [-0.4, -0.2) is 27.1 Å². The molecule has 0 amide bonds. The van der Waals surface area contributed by atoms with Crippen LogP contribution in [0.2, 0.25) is 0 Å². The van der Waals surface area contributed by atoms with Gasteiger partial charge in [-0.1, -0.05) is 19.0 Å². The van der Waals surface area contributed by atoms with Gasteiger partial charge < -0.3 is 15.7 Å². The zero-order chi connectivity index (χ0) is 13.9. The first-order chi connectivity index (χ1) is 9.00. The van der Waals surface area contributed by atoms with Gasteiger partial charge in [0.05, 0.1) is 0 Å². The van der Waals surface area contributed by atoms with E-state index in [2.05, 4.69) is 29.0 Å². The van der Waals surface area contributed by atoms with Crippen LogP contribution < -0.4 is 10.5 Å². The third-order valence-corrected chi connectivity index (χ3v) is 3.56. The lowest BCUT2D eigenvalue weighted by Gasteiger charge is -2.33. The van der Waals surface area contributed by atoms with Gasteiger partial charge in [0, 0.05) is 6.20 Å². The Kier molecular flexibility index (Phi) is 3.87. The molecule has 0 saturated heterocycles. The monoisotopic (exact) mass is 264 g/mol. The molecule has 1 aromatic heterocycles. The Labute approximate surface area is 112 Å². The van der Waals surface area contributed by atoms with Crippen molar-refractivity contribution in [3.63, 3.8) is 0 Å². The molecule has 1 fully saturated rings. The number of nitrogens with two attached hydrogens (primary N) is 1. The minimum Gasteiger partial charge on any atom is -0.460 e. The summed E-state index contributed by atoms with van der Waals surface area (Å²) in [5, 5.41) is 11.5. The molecule has 0 atom stereocenters. The molecule has 19 heavy (non-hydrogen) atoms. The number of amidine groups is 1. The lowest BCUT2D eigenvalue weighted by Crippen LogP contribution is -2.29. The van der Waals surface area contributed by atoms with Gasteiger partial charge in [0.2, 0.25) is 0 Å². The molecule has 1 aromatic rings. The molecule has 1 aliphatic carbocycles. The van der Waals surface area contributed by atoms with Gasteiger partial charge in [0.1, 0.15) is 11.8 Å². The molecule has 0 radical (unpaired) electrons. The molecule has 0 unspecified atom stereocenters. The second-order valence-corrected chi connectivity index (χ2v) is 5.69. The van der Waals surface area contributed by atoms with Crippen LogP contribution in [0.4, 0.5) is 0 Å². The van der Waals surface area contributed by atoms with Crippen molar-refractivity contribution >= 4 is 5.84 Å². The number of ether oxygens (including phenoxy) is 1. The second-order valence-electron chi connectivity index (χ2n) is 5.69. The minimum absolute atomic E-state index is 0.0444. The number of hydrogen-bond donors (Lipinski definition) is 2. The lowest BCUT2D eigenvalue weighted by atomic mass is 9.76. The van der Waals surface area contributed by atoms with Gasteiger partial charge in [-0.15, -0.1) is 0 Å². The number of oxime groups is 1. The maximum atomic E-state index is 8.62. The molecule has 1 aliphatic rings. The van der Waals surface area contributed by atoms with Crippen LogP contribution in [0.3, 0.4) is 0 Å². The highest BCUT2D eigenvalue weighted by atomic mass is 16.5. The molecular weight excluding hydrogens is 244 g/mol. The highest BCUT2D eigenvalue weighted by Crippen LogP contribution is 2.36. The van der Waals surface area contributed by atoms with Crippen molar-refractivity contribution in [3.8, 4) is 6.01 Å². The van der Waals surface area contributed by atoms with Gasteiger partial charge in [-0.25, -0.2) is 4.98 Å². The van der Waals surface area contributed by atoms with Crippen molar-refractivity contribution < 1.29 is 9.94 Å². The molecule has 0 spiro atoms. The maximum absolute atomic E-state index is 8.62. The Balaban J connectivity index is 2.00. The average molecular weight is 264 g/mol. The summed E-state index contributed by atoms with van der Waals surface area (Å²) in [6.45, 7) is 4.55. The zero-order valence-corrected chi connectivity index (χ0v) is 11.3. The molecule has 6 heteroatoms. The van der Waals surface area contributed by atoms with Crippen molar-refractivity contribution in [2.24, 2.45) is 16.3 Å². The molecule has 0 aromatic carbocycles. The zero-order valence-electron chi connectivity index (χ0n) is 11.3.